The number of rotatable bonds is 8. The number of anilines is 2. The largest absolute Gasteiger partial charge is 0.457 e. The molecule has 46 heavy (non-hydrogen) atoms. The minimum atomic E-state index is 0.111. The number of ether oxygens (including phenoxy) is 1. The van der Waals surface area contributed by atoms with Gasteiger partial charge in [0.2, 0.25) is 5.91 Å². The van der Waals surface area contributed by atoms with Crippen molar-refractivity contribution >= 4 is 34.0 Å². The number of hydrogen-bond acceptors (Lipinski definition) is 8. The molecule has 1 N–H and O–H groups in total. The summed E-state index contributed by atoms with van der Waals surface area (Å²) in [4.78, 5) is 28.7. The highest BCUT2D eigenvalue weighted by molar-refractivity contribution is 5.87. The number of amides is 1. The van der Waals surface area contributed by atoms with E-state index in [4.69, 9.17) is 4.74 Å². The standard InChI is InChI=1S/C35H41N9O2/c1-25-21-27(6-9-32(25)46-28-7-8-31-30(22-28)37-24-41(31)3)39-35-34-29(12-16-44(34)38-23-36-35)26-10-14-43(15-11-26)33(45)5-4-13-42-19-17-40(2)18-20-42/h4-9,12,16,21-24,26H,10-11,13-15,17-20H2,1-3H3,(H,36,38,39)/b5-4+. The summed E-state index contributed by atoms with van der Waals surface area (Å²) in [5.41, 5.74) is 6.07. The molecule has 5 aromatic rings. The third-order valence-corrected chi connectivity index (χ3v) is 9.31. The van der Waals surface area contributed by atoms with Crippen molar-refractivity contribution < 1.29 is 9.53 Å². The molecule has 2 fully saturated rings. The quantitative estimate of drug-likeness (QED) is 0.243. The van der Waals surface area contributed by atoms with E-state index in [1.165, 1.54) is 5.56 Å². The molecule has 0 saturated carbocycles. The van der Waals surface area contributed by atoms with Crippen molar-refractivity contribution in [2.45, 2.75) is 25.7 Å². The van der Waals surface area contributed by atoms with Gasteiger partial charge in [-0.3, -0.25) is 9.69 Å². The SMILES string of the molecule is Cc1cc(Nc2ncnn3ccc(C4CCN(C(=O)/C=C/CN5CCN(C)CC5)CC4)c23)ccc1Oc1ccc2c(c1)ncn2C. The van der Waals surface area contributed by atoms with Gasteiger partial charge in [0.25, 0.3) is 0 Å². The van der Waals surface area contributed by atoms with Gasteiger partial charge < -0.3 is 24.4 Å². The Hall–Kier alpha value is -4.74. The molecular weight excluding hydrogens is 578 g/mol. The van der Waals surface area contributed by atoms with Crippen LogP contribution in [0.25, 0.3) is 16.6 Å². The number of aromatic nitrogens is 5. The van der Waals surface area contributed by atoms with Crippen LogP contribution in [0.1, 0.15) is 29.9 Å². The average Bonchev–Trinajstić information content (AvgIpc) is 3.67. The first-order chi connectivity index (χ1) is 22.4. The van der Waals surface area contributed by atoms with Crippen molar-refractivity contribution in [2.75, 3.05) is 58.2 Å². The van der Waals surface area contributed by atoms with Crippen LogP contribution in [0, 0.1) is 6.92 Å². The first-order valence-electron chi connectivity index (χ1n) is 16.1. The molecule has 2 aromatic carbocycles. The Bertz CT molecular complexity index is 1880. The Kier molecular flexibility index (Phi) is 8.42. The number of imidazole rings is 1. The van der Waals surface area contributed by atoms with E-state index in [2.05, 4.69) is 49.4 Å². The summed E-state index contributed by atoms with van der Waals surface area (Å²) < 4.78 is 10.1. The number of aryl methyl sites for hydroxylation is 2. The number of piperidine rings is 1. The van der Waals surface area contributed by atoms with Crippen LogP contribution < -0.4 is 10.1 Å². The maximum absolute atomic E-state index is 12.9. The predicted molar refractivity (Wildman–Crippen MR) is 180 cm³/mol. The van der Waals surface area contributed by atoms with E-state index < -0.39 is 0 Å². The van der Waals surface area contributed by atoms with E-state index in [0.29, 0.717) is 5.92 Å². The van der Waals surface area contributed by atoms with Crippen molar-refractivity contribution in [3.63, 3.8) is 0 Å². The lowest BCUT2D eigenvalue weighted by Gasteiger charge is -2.32. The van der Waals surface area contributed by atoms with Crippen LogP contribution >= 0.6 is 0 Å². The van der Waals surface area contributed by atoms with Crippen molar-refractivity contribution in [1.82, 2.24) is 38.8 Å². The second-order valence-electron chi connectivity index (χ2n) is 12.5. The molecule has 0 atom stereocenters. The van der Waals surface area contributed by atoms with Crippen LogP contribution in [-0.2, 0) is 11.8 Å². The lowest BCUT2D eigenvalue weighted by Crippen LogP contribution is -2.44. The van der Waals surface area contributed by atoms with Gasteiger partial charge >= 0.3 is 0 Å². The number of hydrogen-bond donors (Lipinski definition) is 1. The van der Waals surface area contributed by atoms with Gasteiger partial charge in [-0.1, -0.05) is 6.08 Å². The minimum absolute atomic E-state index is 0.111. The summed E-state index contributed by atoms with van der Waals surface area (Å²) in [6.45, 7) is 8.62. The highest BCUT2D eigenvalue weighted by atomic mass is 16.5. The Morgan fingerprint density at radius 1 is 1.00 bits per heavy atom. The number of nitrogens with one attached hydrogen (secondary N) is 1. The molecule has 3 aromatic heterocycles. The van der Waals surface area contributed by atoms with Crippen molar-refractivity contribution in [3.05, 3.63) is 84.6 Å². The number of fused-ring (bicyclic) bond motifs is 2. The zero-order chi connectivity index (χ0) is 31.6. The normalized spacial score (nSPS) is 17.0. The first kappa shape index (κ1) is 29.9. The summed E-state index contributed by atoms with van der Waals surface area (Å²) in [7, 11) is 4.14. The molecule has 0 radical (unpaired) electrons. The highest BCUT2D eigenvalue weighted by Gasteiger charge is 2.26. The molecular formula is C35H41N9O2. The van der Waals surface area contributed by atoms with E-state index in [9.17, 15) is 4.79 Å². The third-order valence-electron chi connectivity index (χ3n) is 9.31. The van der Waals surface area contributed by atoms with Gasteiger partial charge in [0.1, 0.15) is 23.3 Å². The average molecular weight is 620 g/mol. The summed E-state index contributed by atoms with van der Waals surface area (Å²) >= 11 is 0. The summed E-state index contributed by atoms with van der Waals surface area (Å²) in [6, 6.07) is 14.1. The molecule has 0 bridgehead atoms. The van der Waals surface area contributed by atoms with Crippen molar-refractivity contribution in [3.8, 4) is 11.5 Å². The number of benzene rings is 2. The molecule has 0 unspecified atom stereocenters. The van der Waals surface area contributed by atoms with Gasteiger partial charge in [-0.2, -0.15) is 5.10 Å². The second-order valence-corrected chi connectivity index (χ2v) is 12.5. The lowest BCUT2D eigenvalue weighted by molar-refractivity contribution is -0.127. The van der Waals surface area contributed by atoms with Crippen LogP contribution in [0.4, 0.5) is 11.5 Å². The molecule has 238 valence electrons. The molecule has 2 saturated heterocycles. The van der Waals surface area contributed by atoms with E-state index in [0.717, 1.165) is 104 Å². The molecule has 11 heteroatoms. The summed E-state index contributed by atoms with van der Waals surface area (Å²) in [5, 5.41) is 8.01. The fourth-order valence-corrected chi connectivity index (χ4v) is 6.53. The predicted octanol–water partition coefficient (Wildman–Crippen LogP) is 4.97. The Morgan fingerprint density at radius 3 is 2.63 bits per heavy atom. The third kappa shape index (κ3) is 6.33. The Morgan fingerprint density at radius 2 is 1.83 bits per heavy atom. The van der Waals surface area contributed by atoms with E-state index in [1.54, 1.807) is 18.7 Å². The first-order valence-corrected chi connectivity index (χ1v) is 16.1. The summed E-state index contributed by atoms with van der Waals surface area (Å²) in [5.74, 6) is 2.73. The number of carbonyl (C=O) groups is 1. The van der Waals surface area contributed by atoms with Crippen molar-refractivity contribution in [1.29, 1.82) is 0 Å². The van der Waals surface area contributed by atoms with Gasteiger partial charge in [-0.25, -0.2) is 14.5 Å². The zero-order valence-corrected chi connectivity index (χ0v) is 26.8. The Labute approximate surface area is 269 Å². The monoisotopic (exact) mass is 619 g/mol. The number of nitrogens with zero attached hydrogens (tertiary/aromatic N) is 8. The van der Waals surface area contributed by atoms with Crippen LogP contribution in [0.3, 0.4) is 0 Å². The topological polar surface area (TPSA) is 96.1 Å². The lowest BCUT2D eigenvalue weighted by atomic mass is 9.90. The molecule has 7 rings (SSSR count). The fraction of sp³-hybridized carbons (Fsp3) is 0.371. The van der Waals surface area contributed by atoms with Gasteiger partial charge in [-0.05, 0) is 80.3 Å². The maximum Gasteiger partial charge on any atom is 0.246 e. The molecule has 5 heterocycles. The smallest absolute Gasteiger partial charge is 0.246 e. The number of carbonyl (C=O) groups excluding carboxylic acids is 1. The van der Waals surface area contributed by atoms with E-state index in [1.807, 2.05) is 70.6 Å². The van der Waals surface area contributed by atoms with Crippen LogP contribution in [-0.4, -0.2) is 97.6 Å². The number of piperazine rings is 1. The van der Waals surface area contributed by atoms with Crippen LogP contribution in [0.2, 0.25) is 0 Å². The molecule has 2 aliphatic heterocycles. The van der Waals surface area contributed by atoms with Crippen LogP contribution in [0.15, 0.2) is 73.5 Å². The second kappa shape index (κ2) is 12.9. The minimum Gasteiger partial charge on any atom is -0.457 e. The Balaban J connectivity index is 0.998. The highest BCUT2D eigenvalue weighted by Crippen LogP contribution is 2.35. The van der Waals surface area contributed by atoms with Gasteiger partial charge in [0, 0.05) is 76.9 Å². The zero-order valence-electron chi connectivity index (χ0n) is 26.8. The molecule has 2 aliphatic rings. The van der Waals surface area contributed by atoms with Gasteiger partial charge in [-0.15, -0.1) is 0 Å². The molecule has 0 aliphatic carbocycles. The van der Waals surface area contributed by atoms with Crippen molar-refractivity contribution in [2.24, 2.45) is 7.05 Å². The van der Waals surface area contributed by atoms with Gasteiger partial charge in [0.05, 0.1) is 17.4 Å². The summed E-state index contributed by atoms with van der Waals surface area (Å²) in [6.07, 6.45) is 11.0. The molecule has 0 spiro atoms. The van der Waals surface area contributed by atoms with E-state index in [-0.39, 0.29) is 5.91 Å². The maximum atomic E-state index is 12.9. The number of likely N-dealkylation sites (N-methyl/N-ethyl adjacent to an activating group) is 1. The molecule has 1 amide bonds. The van der Waals surface area contributed by atoms with Crippen LogP contribution in [0.5, 0.6) is 11.5 Å². The molecule has 11 nitrogen and oxygen atoms in total. The number of likely N-dealkylation sites (tertiary alicyclic amines) is 1. The van der Waals surface area contributed by atoms with E-state index >= 15 is 0 Å². The fourth-order valence-electron chi connectivity index (χ4n) is 6.53. The van der Waals surface area contributed by atoms with Gasteiger partial charge in [0.15, 0.2) is 5.82 Å².